The second-order valence-electron chi connectivity index (χ2n) is 6.77. The van der Waals surface area contributed by atoms with Crippen molar-refractivity contribution in [2.75, 3.05) is 47.1 Å². The minimum Gasteiger partial charge on any atom is -0.497 e. The zero-order valence-electron chi connectivity index (χ0n) is 16.5. The normalized spacial score (nSPS) is 15.6. The van der Waals surface area contributed by atoms with E-state index in [9.17, 15) is 4.79 Å². The number of methoxy groups -OCH3 is 2. The number of benzene rings is 2. The van der Waals surface area contributed by atoms with Crippen LogP contribution in [-0.2, 0) is 16.0 Å². The van der Waals surface area contributed by atoms with Gasteiger partial charge in [-0.15, -0.1) is 0 Å². The summed E-state index contributed by atoms with van der Waals surface area (Å²) < 4.78 is 15.9. The molecule has 1 saturated heterocycles. The largest absolute Gasteiger partial charge is 0.497 e. The standard InChI is InChI=1S/C22H28N2O4/c1-26-19-7-3-17(4-8-19)15-22(25)23-16-21(24-11-13-28-14-12-24)18-5-9-20(27-2)10-6-18/h3-10,21H,11-16H2,1-2H3,(H,23,25). The van der Waals surface area contributed by atoms with E-state index in [4.69, 9.17) is 14.2 Å². The molecule has 1 heterocycles. The zero-order valence-corrected chi connectivity index (χ0v) is 16.5. The van der Waals surface area contributed by atoms with E-state index >= 15 is 0 Å². The quantitative estimate of drug-likeness (QED) is 0.758. The molecule has 0 spiro atoms. The molecular formula is C22H28N2O4. The second-order valence-corrected chi connectivity index (χ2v) is 6.77. The highest BCUT2D eigenvalue weighted by atomic mass is 16.5. The molecule has 0 saturated carbocycles. The molecule has 1 atom stereocenters. The predicted molar refractivity (Wildman–Crippen MR) is 108 cm³/mol. The number of carbonyl (C=O) groups excluding carboxylic acids is 1. The zero-order chi connectivity index (χ0) is 19.8. The molecule has 1 N–H and O–H groups in total. The average Bonchev–Trinajstić information content (AvgIpc) is 2.75. The van der Waals surface area contributed by atoms with Crippen LogP contribution in [-0.4, -0.2) is 57.9 Å². The lowest BCUT2D eigenvalue weighted by atomic mass is 10.0. The Labute approximate surface area is 166 Å². The Bertz CT molecular complexity index is 740. The van der Waals surface area contributed by atoms with Gasteiger partial charge in [0.2, 0.25) is 5.91 Å². The van der Waals surface area contributed by atoms with Crippen LogP contribution in [0.5, 0.6) is 11.5 Å². The van der Waals surface area contributed by atoms with Crippen LogP contribution in [0.1, 0.15) is 17.2 Å². The van der Waals surface area contributed by atoms with Crippen molar-refractivity contribution < 1.29 is 19.0 Å². The van der Waals surface area contributed by atoms with E-state index in [1.165, 1.54) is 0 Å². The first-order chi connectivity index (χ1) is 13.7. The van der Waals surface area contributed by atoms with Crippen LogP contribution >= 0.6 is 0 Å². The maximum absolute atomic E-state index is 12.5. The number of ether oxygens (including phenoxy) is 3. The Hall–Kier alpha value is -2.57. The molecule has 0 aliphatic carbocycles. The third kappa shape index (κ3) is 5.47. The van der Waals surface area contributed by atoms with Crippen LogP contribution < -0.4 is 14.8 Å². The summed E-state index contributed by atoms with van der Waals surface area (Å²) >= 11 is 0. The minimum atomic E-state index is 0.0111. The van der Waals surface area contributed by atoms with Gasteiger partial charge < -0.3 is 19.5 Å². The topological polar surface area (TPSA) is 60.0 Å². The Balaban J connectivity index is 1.63. The van der Waals surface area contributed by atoms with Crippen molar-refractivity contribution in [2.24, 2.45) is 0 Å². The number of rotatable bonds is 8. The van der Waals surface area contributed by atoms with E-state index in [0.717, 1.165) is 35.7 Å². The molecule has 2 aromatic rings. The molecule has 1 amide bonds. The van der Waals surface area contributed by atoms with E-state index in [0.29, 0.717) is 26.2 Å². The van der Waals surface area contributed by atoms with Crippen LogP contribution in [0.15, 0.2) is 48.5 Å². The van der Waals surface area contributed by atoms with E-state index in [-0.39, 0.29) is 11.9 Å². The summed E-state index contributed by atoms with van der Waals surface area (Å²) in [6.45, 7) is 3.69. The molecular weight excluding hydrogens is 356 g/mol. The number of nitrogens with zero attached hydrogens (tertiary/aromatic N) is 1. The summed E-state index contributed by atoms with van der Waals surface area (Å²) in [5, 5.41) is 3.10. The van der Waals surface area contributed by atoms with Gasteiger partial charge in [-0.2, -0.15) is 0 Å². The Kier molecular flexibility index (Phi) is 7.28. The van der Waals surface area contributed by atoms with Crippen LogP contribution in [0.2, 0.25) is 0 Å². The third-order valence-electron chi connectivity index (χ3n) is 5.00. The molecule has 3 rings (SSSR count). The van der Waals surface area contributed by atoms with Crippen molar-refractivity contribution in [3.05, 3.63) is 59.7 Å². The van der Waals surface area contributed by atoms with Crippen molar-refractivity contribution in [1.29, 1.82) is 0 Å². The molecule has 0 aromatic heterocycles. The predicted octanol–water partition coefficient (Wildman–Crippen LogP) is 2.44. The molecule has 150 valence electrons. The number of hydrogen-bond donors (Lipinski definition) is 1. The number of carbonyl (C=O) groups is 1. The first-order valence-corrected chi connectivity index (χ1v) is 9.55. The molecule has 1 unspecified atom stereocenters. The van der Waals surface area contributed by atoms with Gasteiger partial charge in [0.25, 0.3) is 0 Å². The van der Waals surface area contributed by atoms with Gasteiger partial charge in [0.05, 0.1) is 39.9 Å². The first kappa shape index (κ1) is 20.2. The molecule has 0 radical (unpaired) electrons. The van der Waals surface area contributed by atoms with Crippen LogP contribution in [0.25, 0.3) is 0 Å². The Morgan fingerprint density at radius 2 is 1.57 bits per heavy atom. The van der Waals surface area contributed by atoms with E-state index in [1.54, 1.807) is 14.2 Å². The van der Waals surface area contributed by atoms with Crippen LogP contribution in [0.3, 0.4) is 0 Å². The highest BCUT2D eigenvalue weighted by Crippen LogP contribution is 2.23. The second kappa shape index (κ2) is 10.1. The van der Waals surface area contributed by atoms with Gasteiger partial charge in [0.15, 0.2) is 0 Å². The van der Waals surface area contributed by atoms with Crippen molar-refractivity contribution >= 4 is 5.91 Å². The van der Waals surface area contributed by atoms with Crippen LogP contribution in [0, 0.1) is 0 Å². The van der Waals surface area contributed by atoms with E-state index in [2.05, 4.69) is 22.3 Å². The summed E-state index contributed by atoms with van der Waals surface area (Å²) in [5.41, 5.74) is 2.12. The van der Waals surface area contributed by atoms with Crippen molar-refractivity contribution in [3.8, 4) is 11.5 Å². The summed E-state index contributed by atoms with van der Waals surface area (Å²) in [5.74, 6) is 1.63. The number of amides is 1. The lowest BCUT2D eigenvalue weighted by Gasteiger charge is -2.35. The van der Waals surface area contributed by atoms with Crippen molar-refractivity contribution in [3.63, 3.8) is 0 Å². The summed E-state index contributed by atoms with van der Waals surface area (Å²) in [6.07, 6.45) is 0.350. The SMILES string of the molecule is COc1ccc(CC(=O)NCC(c2ccc(OC)cc2)N2CCOCC2)cc1. The van der Waals surface area contributed by atoms with Gasteiger partial charge in [0.1, 0.15) is 11.5 Å². The minimum absolute atomic E-state index is 0.0111. The molecule has 28 heavy (non-hydrogen) atoms. The monoisotopic (exact) mass is 384 g/mol. The Morgan fingerprint density at radius 3 is 2.14 bits per heavy atom. The van der Waals surface area contributed by atoms with Crippen LogP contribution in [0.4, 0.5) is 0 Å². The average molecular weight is 384 g/mol. The third-order valence-corrected chi connectivity index (χ3v) is 5.00. The maximum Gasteiger partial charge on any atom is 0.224 e. The fourth-order valence-corrected chi connectivity index (χ4v) is 3.37. The molecule has 1 fully saturated rings. The van der Waals surface area contributed by atoms with Gasteiger partial charge in [-0.3, -0.25) is 9.69 Å². The van der Waals surface area contributed by atoms with Crippen molar-refractivity contribution in [1.82, 2.24) is 10.2 Å². The fraction of sp³-hybridized carbons (Fsp3) is 0.409. The summed E-state index contributed by atoms with van der Waals surface area (Å²) in [6, 6.07) is 15.7. The number of nitrogens with one attached hydrogen (secondary N) is 1. The smallest absolute Gasteiger partial charge is 0.224 e. The maximum atomic E-state index is 12.5. The fourth-order valence-electron chi connectivity index (χ4n) is 3.37. The molecule has 0 bridgehead atoms. The molecule has 1 aliphatic heterocycles. The number of morpholine rings is 1. The molecule has 6 nitrogen and oxygen atoms in total. The highest BCUT2D eigenvalue weighted by molar-refractivity contribution is 5.78. The number of hydrogen-bond acceptors (Lipinski definition) is 5. The molecule has 2 aromatic carbocycles. The summed E-state index contributed by atoms with van der Waals surface area (Å²) in [4.78, 5) is 14.8. The highest BCUT2D eigenvalue weighted by Gasteiger charge is 2.23. The van der Waals surface area contributed by atoms with Crippen molar-refractivity contribution in [2.45, 2.75) is 12.5 Å². The van der Waals surface area contributed by atoms with E-state index in [1.807, 2.05) is 36.4 Å². The van der Waals surface area contributed by atoms with Gasteiger partial charge in [-0.25, -0.2) is 0 Å². The van der Waals surface area contributed by atoms with Gasteiger partial charge >= 0.3 is 0 Å². The van der Waals surface area contributed by atoms with Gasteiger partial charge in [0, 0.05) is 19.6 Å². The lowest BCUT2D eigenvalue weighted by Crippen LogP contribution is -2.44. The summed E-state index contributed by atoms with van der Waals surface area (Å²) in [7, 11) is 3.29. The van der Waals surface area contributed by atoms with E-state index < -0.39 is 0 Å². The van der Waals surface area contributed by atoms with Gasteiger partial charge in [-0.05, 0) is 35.4 Å². The lowest BCUT2D eigenvalue weighted by molar-refractivity contribution is -0.120. The molecule has 6 heteroatoms. The molecule has 1 aliphatic rings. The first-order valence-electron chi connectivity index (χ1n) is 9.55. The Morgan fingerprint density at radius 1 is 1.00 bits per heavy atom. The van der Waals surface area contributed by atoms with Gasteiger partial charge in [-0.1, -0.05) is 24.3 Å².